The van der Waals surface area contributed by atoms with Crippen LogP contribution in [0.2, 0.25) is 0 Å². The minimum absolute atomic E-state index is 0. The van der Waals surface area contributed by atoms with Crippen LogP contribution in [0.1, 0.15) is 78.6 Å². The van der Waals surface area contributed by atoms with Crippen LogP contribution in [0.15, 0.2) is 0 Å². The van der Waals surface area contributed by atoms with Gasteiger partial charge in [0.25, 0.3) is 0 Å². The monoisotopic (exact) mass is 529 g/mol. The van der Waals surface area contributed by atoms with Gasteiger partial charge in [0.05, 0.1) is 0 Å². The Labute approximate surface area is 197 Å². The molecular formula is C18H27NdO9. The average Bonchev–Trinajstić information content (AvgIpc) is 2.46. The van der Waals surface area contributed by atoms with E-state index < -0.39 is 37.2 Å². The van der Waals surface area contributed by atoms with Gasteiger partial charge < -0.3 is 29.7 Å². The second-order valence-corrected chi connectivity index (χ2v) is 5.51. The van der Waals surface area contributed by atoms with Crippen LogP contribution in [0.5, 0.6) is 0 Å². The van der Waals surface area contributed by atoms with Gasteiger partial charge in [-0.2, -0.15) is 0 Å². The van der Waals surface area contributed by atoms with Crippen LogP contribution in [0.25, 0.3) is 0 Å². The van der Waals surface area contributed by atoms with Crippen LogP contribution in [0.3, 0.4) is 0 Å². The van der Waals surface area contributed by atoms with Gasteiger partial charge >= 0.3 is 40.8 Å². The number of rotatable bonds is 12. The maximum atomic E-state index is 10.4. The van der Waals surface area contributed by atoms with Crippen LogP contribution in [-0.2, 0) is 28.8 Å². The molecule has 0 aliphatic carbocycles. The van der Waals surface area contributed by atoms with Crippen LogP contribution >= 0.6 is 0 Å². The van der Waals surface area contributed by atoms with E-state index in [1.807, 2.05) is 20.8 Å². The molecule has 0 rings (SSSR count). The topological polar surface area (TPSA) is 172 Å². The number of carboxylic acid groups (broad SMARTS) is 3. The molecule has 0 N–H and O–H groups in total. The maximum absolute atomic E-state index is 10.4. The Kier molecular flexibility index (Phi) is 29.2. The summed E-state index contributed by atoms with van der Waals surface area (Å²) in [6.45, 7) is 5.48. The normalized spacial score (nSPS) is 8.68. The van der Waals surface area contributed by atoms with Crippen LogP contribution in [0, 0.1) is 40.8 Å². The minimum Gasteiger partial charge on any atom is -0.550 e. The van der Waals surface area contributed by atoms with Crippen molar-refractivity contribution in [3.8, 4) is 0 Å². The molecule has 1 radical (unpaired) electrons. The van der Waals surface area contributed by atoms with Crippen molar-refractivity contribution < 1.29 is 84.9 Å². The molecule has 0 saturated carbocycles. The van der Waals surface area contributed by atoms with Crippen molar-refractivity contribution in [2.24, 2.45) is 0 Å². The number of hydrogen-bond donors (Lipinski definition) is 0. The molecule has 0 saturated heterocycles. The fourth-order valence-electron chi connectivity index (χ4n) is 1.58. The number of carboxylic acids is 3. The molecule has 0 heterocycles. The molecular weight excluding hydrogens is 504 g/mol. The standard InChI is InChI=1S/3C6H10O3.Nd/c3*1-2-3-5(7)4-6(8)9;/h3*2-4H2,1H3,(H,8,9);/q;;;+3/p-3. The summed E-state index contributed by atoms with van der Waals surface area (Å²) >= 11 is 0. The third-order valence-corrected chi connectivity index (χ3v) is 2.61. The zero-order valence-electron chi connectivity index (χ0n) is 16.5. The molecule has 0 fully saturated rings. The maximum Gasteiger partial charge on any atom is 3.00 e. The average molecular weight is 532 g/mol. The molecule has 0 atom stereocenters. The molecule has 0 aliphatic rings. The zero-order valence-corrected chi connectivity index (χ0v) is 19.7. The molecule has 0 unspecified atom stereocenters. The summed E-state index contributed by atoms with van der Waals surface area (Å²) in [5.41, 5.74) is 0. The first-order chi connectivity index (χ1) is 12.5. The van der Waals surface area contributed by atoms with Gasteiger partial charge in [-0.1, -0.05) is 20.8 Å². The molecule has 0 aliphatic heterocycles. The summed E-state index contributed by atoms with van der Waals surface area (Å²) in [4.78, 5) is 60.6. The van der Waals surface area contributed by atoms with Crippen molar-refractivity contribution in [3.63, 3.8) is 0 Å². The van der Waals surface area contributed by atoms with Crippen molar-refractivity contribution in [1.82, 2.24) is 0 Å². The van der Waals surface area contributed by atoms with E-state index in [1.165, 1.54) is 0 Å². The molecule has 0 bridgehead atoms. The number of carbonyl (C=O) groups excluding carboxylic acids is 6. The van der Waals surface area contributed by atoms with E-state index in [2.05, 4.69) is 0 Å². The summed E-state index contributed by atoms with van der Waals surface area (Å²) in [5, 5.41) is 29.3. The van der Waals surface area contributed by atoms with Crippen LogP contribution in [0.4, 0.5) is 0 Å². The number of aliphatic carboxylic acids is 3. The first kappa shape index (κ1) is 34.3. The van der Waals surface area contributed by atoms with E-state index in [0.29, 0.717) is 38.5 Å². The Hall–Kier alpha value is -1.23. The largest absolute Gasteiger partial charge is 3.00 e. The summed E-state index contributed by atoms with van der Waals surface area (Å²) < 4.78 is 0. The van der Waals surface area contributed by atoms with Crippen molar-refractivity contribution in [2.75, 3.05) is 0 Å². The Morgan fingerprint density at radius 1 is 0.500 bits per heavy atom. The van der Waals surface area contributed by atoms with Crippen LogP contribution in [-0.4, -0.2) is 35.3 Å². The van der Waals surface area contributed by atoms with Gasteiger partial charge in [0.2, 0.25) is 0 Å². The van der Waals surface area contributed by atoms with Gasteiger partial charge in [0.1, 0.15) is 17.3 Å². The fourth-order valence-corrected chi connectivity index (χ4v) is 1.58. The summed E-state index contributed by atoms with van der Waals surface area (Å²) in [6.07, 6.45) is 1.82. The molecule has 0 aromatic heterocycles. The molecule has 0 aromatic carbocycles. The first-order valence-corrected chi connectivity index (χ1v) is 8.64. The second kappa shape index (κ2) is 23.8. The van der Waals surface area contributed by atoms with E-state index >= 15 is 0 Å². The second-order valence-electron chi connectivity index (χ2n) is 5.51. The van der Waals surface area contributed by atoms with E-state index in [-0.39, 0.29) is 58.2 Å². The van der Waals surface area contributed by atoms with Gasteiger partial charge in [0.15, 0.2) is 0 Å². The van der Waals surface area contributed by atoms with E-state index in [0.717, 1.165) is 0 Å². The minimum atomic E-state index is -1.28. The molecule has 157 valence electrons. The van der Waals surface area contributed by atoms with E-state index in [4.69, 9.17) is 0 Å². The predicted molar refractivity (Wildman–Crippen MR) is 88.6 cm³/mol. The fraction of sp³-hybridized carbons (Fsp3) is 0.667. The predicted octanol–water partition coefficient (Wildman–Crippen LogP) is -1.51. The molecule has 10 heteroatoms. The zero-order chi connectivity index (χ0) is 21.8. The molecule has 0 spiro atoms. The van der Waals surface area contributed by atoms with Gasteiger partial charge in [-0.25, -0.2) is 0 Å². The third-order valence-electron chi connectivity index (χ3n) is 2.61. The van der Waals surface area contributed by atoms with E-state index in [1.54, 1.807) is 0 Å². The Balaban J connectivity index is -0.000000152. The smallest absolute Gasteiger partial charge is 0.550 e. The van der Waals surface area contributed by atoms with Crippen molar-refractivity contribution in [2.45, 2.75) is 78.6 Å². The summed E-state index contributed by atoms with van der Waals surface area (Å²) in [7, 11) is 0. The first-order valence-electron chi connectivity index (χ1n) is 8.64. The number of hydrogen-bond acceptors (Lipinski definition) is 9. The van der Waals surface area contributed by atoms with Crippen molar-refractivity contribution in [1.29, 1.82) is 0 Å². The van der Waals surface area contributed by atoms with Crippen molar-refractivity contribution >= 4 is 35.3 Å². The summed E-state index contributed by atoms with van der Waals surface area (Å²) in [5.74, 6) is -4.61. The molecule has 0 aromatic rings. The Bertz CT molecular complexity index is 430. The molecule has 9 nitrogen and oxygen atoms in total. The SMILES string of the molecule is CCCC(=O)CC(=O)[O-].CCCC(=O)CC(=O)[O-].CCCC(=O)CC(=O)[O-].[Nd+3]. The van der Waals surface area contributed by atoms with E-state index in [9.17, 15) is 44.1 Å². The Morgan fingerprint density at radius 3 is 0.786 bits per heavy atom. The van der Waals surface area contributed by atoms with Gasteiger partial charge in [0, 0.05) is 56.4 Å². The van der Waals surface area contributed by atoms with Gasteiger partial charge in [-0.05, 0) is 19.3 Å². The third kappa shape index (κ3) is 35.8. The van der Waals surface area contributed by atoms with Gasteiger partial charge in [-0.3, -0.25) is 14.4 Å². The summed E-state index contributed by atoms with van der Waals surface area (Å²) in [6, 6.07) is 0. The number of ketones is 3. The Morgan fingerprint density at radius 2 is 0.679 bits per heavy atom. The number of Topliss-reactive ketones (excluding diaryl/α,β-unsaturated/α-hetero) is 3. The van der Waals surface area contributed by atoms with Crippen molar-refractivity contribution in [3.05, 3.63) is 0 Å². The molecule has 28 heavy (non-hydrogen) atoms. The quantitative estimate of drug-likeness (QED) is 0.271. The molecule has 0 amide bonds. The van der Waals surface area contributed by atoms with Gasteiger partial charge in [-0.15, -0.1) is 0 Å². The number of carbonyl (C=O) groups is 6. The van der Waals surface area contributed by atoms with Crippen LogP contribution < -0.4 is 15.3 Å².